The molecule has 6 heteroatoms. The molecule has 6 nitrogen and oxygen atoms in total. The maximum Gasteiger partial charge on any atom is 0.228 e. The maximum atomic E-state index is 12.7. The summed E-state index contributed by atoms with van der Waals surface area (Å²) in [6, 6.07) is 13.5. The number of hydrogen-bond donors (Lipinski definition) is 0. The van der Waals surface area contributed by atoms with Crippen molar-refractivity contribution in [3.63, 3.8) is 0 Å². The Morgan fingerprint density at radius 3 is 2.97 bits per heavy atom. The number of rotatable bonds is 5. The Morgan fingerprint density at radius 2 is 2.14 bits per heavy atom. The first-order valence-electron chi connectivity index (χ1n) is 9.87. The van der Waals surface area contributed by atoms with Crippen LogP contribution in [-0.4, -0.2) is 46.0 Å². The van der Waals surface area contributed by atoms with Crippen LogP contribution in [0.25, 0.3) is 11.3 Å². The van der Waals surface area contributed by atoms with Crippen molar-refractivity contribution in [1.29, 1.82) is 0 Å². The summed E-state index contributed by atoms with van der Waals surface area (Å²) in [4.78, 5) is 28.2. The summed E-state index contributed by atoms with van der Waals surface area (Å²) in [5, 5.41) is 0. The summed E-state index contributed by atoms with van der Waals surface area (Å²) in [7, 11) is 1.65. The van der Waals surface area contributed by atoms with Gasteiger partial charge in [0.1, 0.15) is 5.75 Å². The molecule has 1 saturated heterocycles. The van der Waals surface area contributed by atoms with Gasteiger partial charge in [0.15, 0.2) is 0 Å². The number of pyridine rings is 1. The lowest BCUT2D eigenvalue weighted by Gasteiger charge is -2.32. The molecule has 1 aliphatic rings. The molecule has 0 aliphatic carbocycles. The van der Waals surface area contributed by atoms with Gasteiger partial charge in [-0.15, -0.1) is 0 Å². The first-order valence-corrected chi connectivity index (χ1v) is 9.87. The van der Waals surface area contributed by atoms with Crippen LogP contribution in [0.2, 0.25) is 0 Å². The lowest BCUT2D eigenvalue weighted by Crippen LogP contribution is -2.40. The van der Waals surface area contributed by atoms with Gasteiger partial charge in [-0.25, -0.2) is 4.98 Å². The van der Waals surface area contributed by atoms with Gasteiger partial charge in [0.2, 0.25) is 5.91 Å². The lowest BCUT2D eigenvalue weighted by molar-refractivity contribution is -0.131. The van der Waals surface area contributed by atoms with E-state index >= 15 is 0 Å². The molecule has 1 fully saturated rings. The Balaban J connectivity index is 1.49. The highest BCUT2D eigenvalue weighted by atomic mass is 16.5. The van der Waals surface area contributed by atoms with E-state index < -0.39 is 0 Å². The molecule has 1 unspecified atom stereocenters. The number of nitrogens with zero attached hydrogens (tertiary/aromatic N) is 4. The Morgan fingerprint density at radius 1 is 1.21 bits per heavy atom. The van der Waals surface area contributed by atoms with Crippen LogP contribution in [0.1, 0.15) is 30.1 Å². The fraction of sp³-hybridized carbons (Fsp3) is 0.304. The molecule has 3 heterocycles. The van der Waals surface area contributed by atoms with Crippen LogP contribution in [0.4, 0.5) is 0 Å². The SMILES string of the molecule is COc1cccc(-c2cncc(C3CCCN(C(=O)Cc4ccccn4)C3)n2)c1. The van der Waals surface area contributed by atoms with E-state index in [9.17, 15) is 4.79 Å². The van der Waals surface area contributed by atoms with Crippen LogP contribution in [0, 0.1) is 0 Å². The van der Waals surface area contributed by atoms with Crippen molar-refractivity contribution in [2.75, 3.05) is 20.2 Å². The number of carbonyl (C=O) groups is 1. The maximum absolute atomic E-state index is 12.7. The number of likely N-dealkylation sites (tertiary alicyclic amines) is 1. The molecular weight excluding hydrogens is 364 g/mol. The van der Waals surface area contributed by atoms with E-state index in [0.29, 0.717) is 13.0 Å². The van der Waals surface area contributed by atoms with E-state index in [4.69, 9.17) is 9.72 Å². The number of benzene rings is 1. The molecule has 4 rings (SSSR count). The zero-order valence-electron chi connectivity index (χ0n) is 16.5. The van der Waals surface area contributed by atoms with E-state index in [1.54, 1.807) is 19.5 Å². The summed E-state index contributed by atoms with van der Waals surface area (Å²) < 4.78 is 5.31. The Hall–Kier alpha value is -3.28. The van der Waals surface area contributed by atoms with E-state index in [1.165, 1.54) is 0 Å². The Labute approximate surface area is 170 Å². The molecule has 0 spiro atoms. The number of piperidine rings is 1. The highest BCUT2D eigenvalue weighted by molar-refractivity contribution is 5.78. The minimum atomic E-state index is 0.116. The predicted octanol–water partition coefficient (Wildman–Crippen LogP) is 3.50. The van der Waals surface area contributed by atoms with Gasteiger partial charge < -0.3 is 9.64 Å². The number of aromatic nitrogens is 3. The smallest absolute Gasteiger partial charge is 0.228 e. The Kier molecular flexibility index (Phi) is 5.79. The van der Waals surface area contributed by atoms with Gasteiger partial charge in [0.25, 0.3) is 0 Å². The molecule has 1 aliphatic heterocycles. The van der Waals surface area contributed by atoms with Gasteiger partial charge in [0, 0.05) is 42.7 Å². The molecule has 2 aromatic heterocycles. The average Bonchev–Trinajstić information content (AvgIpc) is 2.80. The van der Waals surface area contributed by atoms with Gasteiger partial charge in [-0.1, -0.05) is 18.2 Å². The van der Waals surface area contributed by atoms with Crippen LogP contribution in [0.15, 0.2) is 61.1 Å². The van der Waals surface area contributed by atoms with Crippen molar-refractivity contribution in [3.8, 4) is 17.0 Å². The largest absolute Gasteiger partial charge is 0.497 e. The first kappa shape index (κ1) is 19.1. The van der Waals surface area contributed by atoms with Crippen LogP contribution in [0.3, 0.4) is 0 Å². The molecule has 0 radical (unpaired) electrons. The monoisotopic (exact) mass is 388 g/mol. The van der Waals surface area contributed by atoms with Crippen LogP contribution >= 0.6 is 0 Å². The minimum Gasteiger partial charge on any atom is -0.497 e. The highest BCUT2D eigenvalue weighted by Gasteiger charge is 2.26. The fourth-order valence-electron chi connectivity index (χ4n) is 3.71. The third kappa shape index (κ3) is 4.59. The quantitative estimate of drug-likeness (QED) is 0.669. The number of amides is 1. The van der Waals surface area contributed by atoms with Gasteiger partial charge in [-0.2, -0.15) is 0 Å². The van der Waals surface area contributed by atoms with Crippen molar-refractivity contribution in [2.45, 2.75) is 25.2 Å². The molecular formula is C23H24N4O2. The molecule has 3 aromatic rings. The second-order valence-corrected chi connectivity index (χ2v) is 7.24. The molecule has 1 amide bonds. The highest BCUT2D eigenvalue weighted by Crippen LogP contribution is 2.28. The second kappa shape index (κ2) is 8.82. The average molecular weight is 388 g/mol. The van der Waals surface area contributed by atoms with Gasteiger partial charge in [0.05, 0.1) is 31.1 Å². The number of methoxy groups -OCH3 is 1. The summed E-state index contributed by atoms with van der Waals surface area (Å²) in [5.74, 6) is 1.10. The zero-order chi connectivity index (χ0) is 20.1. The van der Waals surface area contributed by atoms with E-state index in [2.05, 4.69) is 9.97 Å². The normalized spacial score (nSPS) is 16.4. The van der Waals surface area contributed by atoms with Crippen LogP contribution in [-0.2, 0) is 11.2 Å². The van der Waals surface area contributed by atoms with Crippen molar-refractivity contribution in [1.82, 2.24) is 19.9 Å². The standard InChI is InChI=1S/C23H24N4O2/c1-29-20-9-4-6-17(12-20)21-14-24-15-22(26-21)18-7-5-11-27(16-18)23(28)13-19-8-2-3-10-25-19/h2-4,6,8-10,12,14-15,18H,5,7,11,13,16H2,1H3. The van der Waals surface area contributed by atoms with Gasteiger partial charge >= 0.3 is 0 Å². The zero-order valence-corrected chi connectivity index (χ0v) is 16.5. The fourth-order valence-corrected chi connectivity index (χ4v) is 3.71. The van der Waals surface area contributed by atoms with Gasteiger partial charge in [-0.3, -0.25) is 14.8 Å². The third-order valence-electron chi connectivity index (χ3n) is 5.27. The predicted molar refractivity (Wildman–Crippen MR) is 111 cm³/mol. The lowest BCUT2D eigenvalue weighted by atomic mass is 9.94. The van der Waals surface area contributed by atoms with Crippen molar-refractivity contribution < 1.29 is 9.53 Å². The molecule has 0 saturated carbocycles. The molecule has 1 atom stereocenters. The summed E-state index contributed by atoms with van der Waals surface area (Å²) in [6.45, 7) is 1.45. The second-order valence-electron chi connectivity index (χ2n) is 7.24. The van der Waals surface area contributed by atoms with Crippen molar-refractivity contribution in [3.05, 3.63) is 72.4 Å². The third-order valence-corrected chi connectivity index (χ3v) is 5.27. The van der Waals surface area contributed by atoms with Gasteiger partial charge in [-0.05, 0) is 37.1 Å². The van der Waals surface area contributed by atoms with Crippen LogP contribution in [0.5, 0.6) is 5.75 Å². The first-order chi connectivity index (χ1) is 14.2. The molecule has 0 N–H and O–H groups in total. The summed E-state index contributed by atoms with van der Waals surface area (Å²) in [5.41, 5.74) is 3.52. The van der Waals surface area contributed by atoms with Crippen LogP contribution < -0.4 is 4.74 Å². The summed E-state index contributed by atoms with van der Waals surface area (Å²) >= 11 is 0. The van der Waals surface area contributed by atoms with Crippen molar-refractivity contribution >= 4 is 5.91 Å². The molecule has 148 valence electrons. The van der Waals surface area contributed by atoms with E-state index in [0.717, 1.165) is 47.8 Å². The number of carbonyl (C=O) groups excluding carboxylic acids is 1. The molecule has 29 heavy (non-hydrogen) atoms. The minimum absolute atomic E-state index is 0.116. The molecule has 0 bridgehead atoms. The topological polar surface area (TPSA) is 68.2 Å². The number of hydrogen-bond acceptors (Lipinski definition) is 5. The summed E-state index contributed by atoms with van der Waals surface area (Å²) in [6.07, 6.45) is 7.61. The Bertz CT molecular complexity index is 977. The van der Waals surface area contributed by atoms with E-state index in [-0.39, 0.29) is 11.8 Å². The van der Waals surface area contributed by atoms with Crippen molar-refractivity contribution in [2.24, 2.45) is 0 Å². The molecule has 1 aromatic carbocycles. The number of ether oxygens (including phenoxy) is 1. The van der Waals surface area contributed by atoms with E-state index in [1.807, 2.05) is 53.6 Å².